The van der Waals surface area contributed by atoms with E-state index in [1.165, 1.54) is 51.4 Å². The van der Waals surface area contributed by atoms with Gasteiger partial charge in [-0.2, -0.15) is 0 Å². The Bertz CT molecular complexity index is 191. The van der Waals surface area contributed by atoms with Crippen molar-refractivity contribution >= 4 is 5.78 Å². The second-order valence-corrected chi connectivity index (χ2v) is 5.12. The van der Waals surface area contributed by atoms with Crippen LogP contribution < -0.4 is 5.73 Å². The van der Waals surface area contributed by atoms with Crippen molar-refractivity contribution in [2.45, 2.75) is 70.6 Å². The summed E-state index contributed by atoms with van der Waals surface area (Å²) in [5.41, 5.74) is 5.68. The molecule has 0 aromatic heterocycles. The molecule has 0 heterocycles. The number of carbonyl (C=O) groups is 1. The van der Waals surface area contributed by atoms with Gasteiger partial charge in [0.15, 0.2) is 0 Å². The third kappa shape index (κ3) is 5.64. The van der Waals surface area contributed by atoms with Crippen molar-refractivity contribution in [3.63, 3.8) is 0 Å². The van der Waals surface area contributed by atoms with Gasteiger partial charge < -0.3 is 5.73 Å². The highest BCUT2D eigenvalue weighted by atomic mass is 16.1. The summed E-state index contributed by atoms with van der Waals surface area (Å²) < 4.78 is 0. The molecule has 0 radical (unpaired) electrons. The largest absolute Gasteiger partial charge is 0.330 e. The number of hydrogen-bond donors (Lipinski definition) is 1. The quantitative estimate of drug-likeness (QED) is 0.743. The van der Waals surface area contributed by atoms with Gasteiger partial charge in [-0.3, -0.25) is 4.79 Å². The zero-order valence-electron chi connectivity index (χ0n) is 10.5. The van der Waals surface area contributed by atoms with Gasteiger partial charge in [0.2, 0.25) is 0 Å². The SMILES string of the molecule is NCC1CCCCCCCCCCCC1=O. The average Bonchev–Trinajstić information content (AvgIpc) is 2.31. The molecule has 1 unspecified atom stereocenters. The summed E-state index contributed by atoms with van der Waals surface area (Å²) in [5, 5.41) is 0. The molecule has 2 nitrogen and oxygen atoms in total. The van der Waals surface area contributed by atoms with Crippen LogP contribution >= 0.6 is 0 Å². The predicted octanol–water partition coefficient (Wildman–Crippen LogP) is 3.44. The number of carbonyl (C=O) groups excluding carboxylic acids is 1. The Kier molecular flexibility index (Phi) is 7.48. The fourth-order valence-corrected chi connectivity index (χ4v) is 2.54. The lowest BCUT2D eigenvalue weighted by atomic mass is 9.93. The molecular weight excluding hydrogens is 198 g/mol. The van der Waals surface area contributed by atoms with Crippen molar-refractivity contribution in [2.24, 2.45) is 11.7 Å². The molecule has 1 saturated carbocycles. The van der Waals surface area contributed by atoms with Crippen LogP contribution in [0.3, 0.4) is 0 Å². The van der Waals surface area contributed by atoms with Crippen LogP contribution in [0.25, 0.3) is 0 Å². The molecule has 94 valence electrons. The summed E-state index contributed by atoms with van der Waals surface area (Å²) in [5.74, 6) is 0.572. The molecule has 1 fully saturated rings. The number of rotatable bonds is 1. The Labute approximate surface area is 100.0 Å². The maximum absolute atomic E-state index is 11.9. The third-order valence-electron chi connectivity index (χ3n) is 3.72. The van der Waals surface area contributed by atoms with Gasteiger partial charge in [-0.15, -0.1) is 0 Å². The minimum Gasteiger partial charge on any atom is -0.330 e. The van der Waals surface area contributed by atoms with E-state index in [1.807, 2.05) is 0 Å². The second kappa shape index (κ2) is 8.74. The molecule has 0 spiro atoms. The van der Waals surface area contributed by atoms with E-state index in [1.54, 1.807) is 0 Å². The van der Waals surface area contributed by atoms with Gasteiger partial charge >= 0.3 is 0 Å². The number of hydrogen-bond acceptors (Lipinski definition) is 2. The molecule has 0 aromatic carbocycles. The fraction of sp³-hybridized carbons (Fsp3) is 0.929. The van der Waals surface area contributed by atoms with Crippen LogP contribution in [0.15, 0.2) is 0 Å². The molecular formula is C14H27NO. The molecule has 0 saturated heterocycles. The van der Waals surface area contributed by atoms with Crippen LogP contribution in [0.1, 0.15) is 70.6 Å². The van der Waals surface area contributed by atoms with Crippen LogP contribution in [0.4, 0.5) is 0 Å². The first kappa shape index (κ1) is 13.7. The minimum absolute atomic E-state index is 0.153. The molecule has 0 amide bonds. The molecule has 0 aliphatic heterocycles. The highest BCUT2D eigenvalue weighted by Crippen LogP contribution is 2.17. The smallest absolute Gasteiger partial charge is 0.137 e. The van der Waals surface area contributed by atoms with Crippen molar-refractivity contribution in [3.8, 4) is 0 Å². The molecule has 16 heavy (non-hydrogen) atoms. The first-order valence-corrected chi connectivity index (χ1v) is 7.07. The maximum Gasteiger partial charge on any atom is 0.137 e. The Morgan fingerprint density at radius 1 is 0.875 bits per heavy atom. The lowest BCUT2D eigenvalue weighted by Gasteiger charge is -2.12. The minimum atomic E-state index is 0.153. The van der Waals surface area contributed by atoms with E-state index >= 15 is 0 Å². The summed E-state index contributed by atoms with van der Waals surface area (Å²) >= 11 is 0. The van der Waals surface area contributed by atoms with Crippen molar-refractivity contribution in [1.29, 1.82) is 0 Å². The van der Waals surface area contributed by atoms with Crippen molar-refractivity contribution in [2.75, 3.05) is 6.54 Å². The van der Waals surface area contributed by atoms with Crippen LogP contribution in [0.2, 0.25) is 0 Å². The Morgan fingerprint density at radius 2 is 1.38 bits per heavy atom. The maximum atomic E-state index is 11.9. The van der Waals surface area contributed by atoms with E-state index in [0.29, 0.717) is 12.3 Å². The predicted molar refractivity (Wildman–Crippen MR) is 68.3 cm³/mol. The number of Topliss-reactive ketones (excluding diaryl/α,β-unsaturated/α-hetero) is 1. The first-order valence-electron chi connectivity index (χ1n) is 7.07. The average molecular weight is 225 g/mol. The molecule has 2 N–H and O–H groups in total. The molecule has 1 atom stereocenters. The van der Waals surface area contributed by atoms with E-state index in [4.69, 9.17) is 5.73 Å². The lowest BCUT2D eigenvalue weighted by Crippen LogP contribution is -2.23. The van der Waals surface area contributed by atoms with E-state index < -0.39 is 0 Å². The van der Waals surface area contributed by atoms with E-state index in [0.717, 1.165) is 19.3 Å². The van der Waals surface area contributed by atoms with Crippen molar-refractivity contribution in [1.82, 2.24) is 0 Å². The highest BCUT2D eigenvalue weighted by molar-refractivity contribution is 5.81. The summed E-state index contributed by atoms with van der Waals surface area (Å²) in [6.45, 7) is 0.554. The summed E-state index contributed by atoms with van der Waals surface area (Å²) in [7, 11) is 0. The molecule has 0 bridgehead atoms. The normalized spacial score (nSPS) is 26.6. The van der Waals surface area contributed by atoms with Crippen LogP contribution in [0, 0.1) is 5.92 Å². The van der Waals surface area contributed by atoms with E-state index in [2.05, 4.69) is 0 Å². The van der Waals surface area contributed by atoms with Gasteiger partial charge in [-0.05, 0) is 12.8 Å². The zero-order valence-corrected chi connectivity index (χ0v) is 10.5. The third-order valence-corrected chi connectivity index (χ3v) is 3.72. The summed E-state index contributed by atoms with van der Waals surface area (Å²) in [4.78, 5) is 11.9. The molecule has 1 aliphatic carbocycles. The first-order chi connectivity index (χ1) is 7.84. The Balaban J connectivity index is 2.34. The van der Waals surface area contributed by atoms with Gasteiger partial charge in [0.25, 0.3) is 0 Å². The van der Waals surface area contributed by atoms with E-state index in [9.17, 15) is 4.79 Å². The van der Waals surface area contributed by atoms with Gasteiger partial charge in [0, 0.05) is 18.9 Å². The molecule has 2 heteroatoms. The van der Waals surface area contributed by atoms with Crippen LogP contribution in [-0.4, -0.2) is 12.3 Å². The van der Waals surface area contributed by atoms with Crippen molar-refractivity contribution in [3.05, 3.63) is 0 Å². The Morgan fingerprint density at radius 3 is 1.94 bits per heavy atom. The van der Waals surface area contributed by atoms with Gasteiger partial charge in [0.1, 0.15) is 5.78 Å². The summed E-state index contributed by atoms with van der Waals surface area (Å²) in [6, 6.07) is 0. The second-order valence-electron chi connectivity index (χ2n) is 5.12. The number of nitrogens with two attached hydrogens (primary N) is 1. The van der Waals surface area contributed by atoms with Gasteiger partial charge in [0.05, 0.1) is 0 Å². The highest BCUT2D eigenvalue weighted by Gasteiger charge is 2.15. The standard InChI is InChI=1S/C14H27NO/c15-12-13-10-8-6-4-2-1-3-5-7-9-11-14(13)16/h13H,1-12,15H2. The van der Waals surface area contributed by atoms with Gasteiger partial charge in [-0.25, -0.2) is 0 Å². The van der Waals surface area contributed by atoms with Crippen molar-refractivity contribution < 1.29 is 4.79 Å². The van der Waals surface area contributed by atoms with Gasteiger partial charge in [-0.1, -0.05) is 51.4 Å². The lowest BCUT2D eigenvalue weighted by molar-refractivity contribution is -0.122. The zero-order chi connectivity index (χ0) is 11.6. The monoisotopic (exact) mass is 225 g/mol. The fourth-order valence-electron chi connectivity index (χ4n) is 2.54. The summed E-state index contributed by atoms with van der Waals surface area (Å²) in [6.07, 6.45) is 13.3. The molecule has 1 rings (SSSR count). The number of ketones is 1. The van der Waals surface area contributed by atoms with E-state index in [-0.39, 0.29) is 5.92 Å². The molecule has 0 aromatic rings. The Hall–Kier alpha value is -0.370. The van der Waals surface area contributed by atoms with Crippen LogP contribution in [0.5, 0.6) is 0 Å². The topological polar surface area (TPSA) is 43.1 Å². The van der Waals surface area contributed by atoms with Crippen LogP contribution in [-0.2, 0) is 4.79 Å². The molecule has 1 aliphatic rings.